The minimum Gasteiger partial charge on any atom is -0.478 e. The van der Waals surface area contributed by atoms with E-state index in [-0.39, 0.29) is 0 Å². The van der Waals surface area contributed by atoms with Crippen molar-refractivity contribution in [1.82, 2.24) is 4.98 Å². The van der Waals surface area contributed by atoms with Gasteiger partial charge in [-0.2, -0.15) is 0 Å². The highest BCUT2D eigenvalue weighted by molar-refractivity contribution is 7.18. The van der Waals surface area contributed by atoms with Gasteiger partial charge in [0.15, 0.2) is 0 Å². The monoisotopic (exact) mass is 251 g/mol. The van der Waals surface area contributed by atoms with Gasteiger partial charge in [-0.05, 0) is 24.6 Å². The molecule has 2 rings (SSSR count). The average molecular weight is 251 g/mol. The summed E-state index contributed by atoms with van der Waals surface area (Å²) in [5.41, 5.74) is 1.18. The lowest BCUT2D eigenvalue weighted by Gasteiger charge is -1.94. The fourth-order valence-corrected chi connectivity index (χ4v) is 2.63. The number of carbonyl (C=O) groups is 1. The fourth-order valence-electron chi connectivity index (χ4n) is 1.58. The molecule has 0 atom stereocenters. The molecule has 17 heavy (non-hydrogen) atoms. The molecule has 0 saturated heterocycles. The summed E-state index contributed by atoms with van der Waals surface area (Å²) < 4.78 is 5.92. The molecular weight excluding hydrogens is 238 g/mol. The van der Waals surface area contributed by atoms with Gasteiger partial charge in [-0.15, -0.1) is 11.3 Å². The van der Waals surface area contributed by atoms with Gasteiger partial charge < -0.3 is 9.84 Å². The van der Waals surface area contributed by atoms with Crippen LogP contribution in [0.3, 0.4) is 0 Å². The molecule has 0 aliphatic carbocycles. The Kier molecular flexibility index (Phi) is 3.71. The van der Waals surface area contributed by atoms with Crippen LogP contribution in [0.5, 0.6) is 0 Å². The van der Waals surface area contributed by atoms with Crippen molar-refractivity contribution in [3.05, 3.63) is 28.8 Å². The minimum atomic E-state index is -0.902. The van der Waals surface area contributed by atoms with E-state index in [0.717, 1.165) is 34.7 Å². The Morgan fingerprint density at radius 2 is 2.35 bits per heavy atom. The van der Waals surface area contributed by atoms with Gasteiger partial charge in [0.1, 0.15) is 0 Å². The molecule has 4 nitrogen and oxygen atoms in total. The van der Waals surface area contributed by atoms with E-state index >= 15 is 0 Å². The third-order valence-corrected chi connectivity index (χ3v) is 3.50. The van der Waals surface area contributed by atoms with Crippen LogP contribution >= 0.6 is 11.3 Å². The molecule has 0 fully saturated rings. The second-order valence-electron chi connectivity index (χ2n) is 3.69. The molecule has 0 aliphatic rings. The van der Waals surface area contributed by atoms with Gasteiger partial charge in [0, 0.05) is 20.1 Å². The zero-order chi connectivity index (χ0) is 12.3. The van der Waals surface area contributed by atoms with Gasteiger partial charge in [0.2, 0.25) is 0 Å². The Bertz CT molecular complexity index is 536. The highest BCUT2D eigenvalue weighted by Gasteiger charge is 2.07. The summed E-state index contributed by atoms with van der Waals surface area (Å²) in [6.07, 6.45) is 1.80. The van der Waals surface area contributed by atoms with Gasteiger partial charge in [-0.1, -0.05) is 0 Å². The summed E-state index contributed by atoms with van der Waals surface area (Å²) in [6.45, 7) is 0.719. The molecule has 2 aromatic rings. The Morgan fingerprint density at radius 1 is 1.53 bits per heavy atom. The van der Waals surface area contributed by atoms with E-state index in [1.165, 1.54) is 0 Å². The third-order valence-electron chi connectivity index (χ3n) is 2.42. The Morgan fingerprint density at radius 3 is 3.06 bits per heavy atom. The summed E-state index contributed by atoms with van der Waals surface area (Å²) in [6, 6.07) is 5.02. The largest absolute Gasteiger partial charge is 0.478 e. The number of carboxylic acid groups (broad SMARTS) is 1. The van der Waals surface area contributed by atoms with Crippen molar-refractivity contribution >= 4 is 27.5 Å². The summed E-state index contributed by atoms with van der Waals surface area (Å²) in [5.74, 6) is -0.902. The highest BCUT2D eigenvalue weighted by Crippen LogP contribution is 2.24. The maximum Gasteiger partial charge on any atom is 0.335 e. The predicted molar refractivity (Wildman–Crippen MR) is 66.8 cm³/mol. The smallest absolute Gasteiger partial charge is 0.335 e. The highest BCUT2D eigenvalue weighted by atomic mass is 32.1. The minimum absolute atomic E-state index is 0.310. The van der Waals surface area contributed by atoms with Crippen LogP contribution in [-0.2, 0) is 11.2 Å². The van der Waals surface area contributed by atoms with Crippen molar-refractivity contribution in [2.75, 3.05) is 13.7 Å². The molecule has 0 aliphatic heterocycles. The molecule has 0 saturated carbocycles. The molecule has 0 bridgehead atoms. The lowest BCUT2D eigenvalue weighted by Crippen LogP contribution is -1.94. The summed E-state index contributed by atoms with van der Waals surface area (Å²) in [7, 11) is 1.68. The molecule has 5 heteroatoms. The topological polar surface area (TPSA) is 59.4 Å². The maximum atomic E-state index is 10.8. The SMILES string of the molecule is COCCCc1nc2ccc(C(=O)O)cc2s1. The van der Waals surface area contributed by atoms with Crippen LogP contribution in [0.2, 0.25) is 0 Å². The van der Waals surface area contributed by atoms with Crippen LogP contribution in [0.4, 0.5) is 0 Å². The zero-order valence-electron chi connectivity index (χ0n) is 9.47. The number of methoxy groups -OCH3 is 1. The van der Waals surface area contributed by atoms with Gasteiger partial charge in [-0.25, -0.2) is 9.78 Å². The van der Waals surface area contributed by atoms with Crippen LogP contribution in [-0.4, -0.2) is 29.8 Å². The number of rotatable bonds is 5. The number of aryl methyl sites for hydroxylation is 1. The van der Waals surface area contributed by atoms with E-state index in [0.29, 0.717) is 5.56 Å². The second kappa shape index (κ2) is 5.25. The standard InChI is InChI=1S/C12H13NO3S/c1-16-6-2-3-11-13-9-5-4-8(12(14)15)7-10(9)17-11/h4-5,7H,2-3,6H2,1H3,(H,14,15). The van der Waals surface area contributed by atoms with Crippen LogP contribution in [0.15, 0.2) is 18.2 Å². The molecule has 0 unspecified atom stereocenters. The number of carboxylic acids is 1. The van der Waals surface area contributed by atoms with Crippen LogP contribution < -0.4 is 0 Å². The lowest BCUT2D eigenvalue weighted by atomic mass is 10.2. The summed E-state index contributed by atoms with van der Waals surface area (Å²) in [4.78, 5) is 15.3. The van der Waals surface area contributed by atoms with Crippen LogP contribution in [0, 0.1) is 0 Å². The second-order valence-corrected chi connectivity index (χ2v) is 4.81. The first kappa shape index (κ1) is 12.0. The number of hydrogen-bond donors (Lipinski definition) is 1. The number of hydrogen-bond acceptors (Lipinski definition) is 4. The van der Waals surface area contributed by atoms with E-state index in [1.807, 2.05) is 0 Å². The van der Waals surface area contributed by atoms with Gasteiger partial charge >= 0.3 is 5.97 Å². The van der Waals surface area contributed by atoms with E-state index < -0.39 is 5.97 Å². The van der Waals surface area contributed by atoms with Crippen molar-refractivity contribution in [3.8, 4) is 0 Å². The third kappa shape index (κ3) is 2.81. The van der Waals surface area contributed by atoms with E-state index in [1.54, 1.807) is 36.6 Å². The van der Waals surface area contributed by atoms with E-state index in [2.05, 4.69) is 4.98 Å². The molecule has 1 aromatic heterocycles. The molecular formula is C12H13NO3S. The first-order chi connectivity index (χ1) is 8.20. The predicted octanol–water partition coefficient (Wildman–Crippen LogP) is 2.57. The number of benzene rings is 1. The number of ether oxygens (including phenoxy) is 1. The molecule has 1 N–H and O–H groups in total. The Balaban J connectivity index is 2.21. The average Bonchev–Trinajstić information content (AvgIpc) is 2.70. The molecule has 0 spiro atoms. The van der Waals surface area contributed by atoms with Crippen molar-refractivity contribution < 1.29 is 14.6 Å². The lowest BCUT2D eigenvalue weighted by molar-refractivity contribution is 0.0697. The summed E-state index contributed by atoms with van der Waals surface area (Å²) in [5, 5.41) is 9.92. The van der Waals surface area contributed by atoms with Crippen molar-refractivity contribution in [1.29, 1.82) is 0 Å². The van der Waals surface area contributed by atoms with Crippen molar-refractivity contribution in [2.45, 2.75) is 12.8 Å². The number of nitrogens with zero attached hydrogens (tertiary/aromatic N) is 1. The Labute approximate surface area is 103 Å². The first-order valence-electron chi connectivity index (χ1n) is 5.32. The van der Waals surface area contributed by atoms with E-state index in [9.17, 15) is 4.79 Å². The van der Waals surface area contributed by atoms with E-state index in [4.69, 9.17) is 9.84 Å². The van der Waals surface area contributed by atoms with Crippen LogP contribution in [0.25, 0.3) is 10.2 Å². The van der Waals surface area contributed by atoms with Gasteiger partial charge in [0.05, 0.1) is 20.8 Å². The maximum absolute atomic E-state index is 10.8. The molecule has 1 heterocycles. The molecule has 1 aromatic carbocycles. The van der Waals surface area contributed by atoms with Crippen LogP contribution in [0.1, 0.15) is 21.8 Å². The van der Waals surface area contributed by atoms with Crippen molar-refractivity contribution in [2.24, 2.45) is 0 Å². The van der Waals surface area contributed by atoms with Gasteiger partial charge in [-0.3, -0.25) is 0 Å². The summed E-state index contributed by atoms with van der Waals surface area (Å²) >= 11 is 1.55. The number of aromatic carboxylic acids is 1. The normalized spacial score (nSPS) is 10.9. The quantitative estimate of drug-likeness (QED) is 0.830. The zero-order valence-corrected chi connectivity index (χ0v) is 10.3. The fraction of sp³-hybridized carbons (Fsp3) is 0.333. The molecule has 90 valence electrons. The molecule has 0 radical (unpaired) electrons. The number of fused-ring (bicyclic) bond motifs is 1. The first-order valence-corrected chi connectivity index (χ1v) is 6.14. The van der Waals surface area contributed by atoms with Gasteiger partial charge in [0.25, 0.3) is 0 Å². The van der Waals surface area contributed by atoms with Crippen molar-refractivity contribution in [3.63, 3.8) is 0 Å². The molecule has 0 amide bonds. The number of aromatic nitrogens is 1. The number of thiazole rings is 1. The Hall–Kier alpha value is -1.46.